The molecule has 0 fully saturated rings. The SMILES string of the molecule is CC(N)C(Oc1ccc(C(N)=O)cc1)c1cnn(C)c1. The molecule has 2 aromatic rings. The number of carbonyl (C=O) groups excluding carboxylic acids is 1. The van der Waals surface area contributed by atoms with Crippen molar-refractivity contribution in [2.75, 3.05) is 0 Å². The van der Waals surface area contributed by atoms with Gasteiger partial charge in [0.05, 0.1) is 6.20 Å². The predicted molar refractivity (Wildman–Crippen MR) is 75.2 cm³/mol. The first-order valence-corrected chi connectivity index (χ1v) is 6.28. The summed E-state index contributed by atoms with van der Waals surface area (Å²) in [5, 5.41) is 4.12. The summed E-state index contributed by atoms with van der Waals surface area (Å²) in [6.45, 7) is 1.87. The van der Waals surface area contributed by atoms with Gasteiger partial charge in [-0.1, -0.05) is 0 Å². The third kappa shape index (κ3) is 3.16. The summed E-state index contributed by atoms with van der Waals surface area (Å²) in [4.78, 5) is 11.0. The molecular weight excluding hydrogens is 256 g/mol. The normalized spacial score (nSPS) is 13.8. The minimum absolute atomic E-state index is 0.199. The summed E-state index contributed by atoms with van der Waals surface area (Å²) in [5.41, 5.74) is 12.5. The van der Waals surface area contributed by atoms with Gasteiger partial charge in [-0.2, -0.15) is 5.10 Å². The van der Waals surface area contributed by atoms with Crippen LogP contribution in [0.3, 0.4) is 0 Å². The lowest BCUT2D eigenvalue weighted by Crippen LogP contribution is -2.28. The highest BCUT2D eigenvalue weighted by Gasteiger charge is 2.20. The summed E-state index contributed by atoms with van der Waals surface area (Å²) in [7, 11) is 1.84. The van der Waals surface area contributed by atoms with Crippen LogP contribution in [0.1, 0.15) is 28.9 Å². The lowest BCUT2D eigenvalue weighted by Gasteiger charge is -2.21. The van der Waals surface area contributed by atoms with Gasteiger partial charge in [0.1, 0.15) is 11.9 Å². The Labute approximate surface area is 117 Å². The molecule has 0 saturated carbocycles. The number of nitrogens with two attached hydrogens (primary N) is 2. The van der Waals surface area contributed by atoms with Gasteiger partial charge < -0.3 is 16.2 Å². The average molecular weight is 274 g/mol. The summed E-state index contributed by atoms with van der Waals surface area (Å²) < 4.78 is 7.58. The smallest absolute Gasteiger partial charge is 0.248 e. The van der Waals surface area contributed by atoms with Crippen molar-refractivity contribution < 1.29 is 9.53 Å². The van der Waals surface area contributed by atoms with Crippen molar-refractivity contribution in [2.45, 2.75) is 19.1 Å². The zero-order valence-corrected chi connectivity index (χ0v) is 11.5. The standard InChI is InChI=1S/C14H18N4O2/c1-9(15)13(11-7-17-18(2)8-11)20-12-5-3-10(4-6-12)14(16)19/h3-9,13H,15H2,1-2H3,(H2,16,19). The number of amides is 1. The second kappa shape index (κ2) is 5.75. The Hall–Kier alpha value is -2.34. The lowest BCUT2D eigenvalue weighted by molar-refractivity contribution is 0.1000. The molecule has 1 aromatic heterocycles. The van der Waals surface area contributed by atoms with Crippen molar-refractivity contribution in [3.05, 3.63) is 47.8 Å². The molecular formula is C14H18N4O2. The fourth-order valence-electron chi connectivity index (χ4n) is 1.91. The molecule has 1 heterocycles. The molecule has 20 heavy (non-hydrogen) atoms. The van der Waals surface area contributed by atoms with E-state index in [1.54, 1.807) is 35.1 Å². The minimum Gasteiger partial charge on any atom is -0.484 e. The van der Waals surface area contributed by atoms with Crippen LogP contribution in [-0.4, -0.2) is 21.7 Å². The van der Waals surface area contributed by atoms with E-state index in [1.807, 2.05) is 20.2 Å². The first kappa shape index (κ1) is 14.1. The molecule has 0 spiro atoms. The second-order valence-electron chi connectivity index (χ2n) is 4.73. The first-order chi connectivity index (χ1) is 9.47. The highest BCUT2D eigenvalue weighted by Crippen LogP contribution is 2.24. The van der Waals surface area contributed by atoms with Gasteiger partial charge in [0, 0.05) is 30.4 Å². The number of carbonyl (C=O) groups is 1. The zero-order chi connectivity index (χ0) is 14.7. The fourth-order valence-corrected chi connectivity index (χ4v) is 1.91. The third-order valence-corrected chi connectivity index (χ3v) is 2.93. The molecule has 4 N–H and O–H groups in total. The van der Waals surface area contributed by atoms with Gasteiger partial charge in [0.2, 0.25) is 5.91 Å². The molecule has 1 amide bonds. The van der Waals surface area contributed by atoms with E-state index in [2.05, 4.69) is 5.10 Å². The number of ether oxygens (including phenoxy) is 1. The van der Waals surface area contributed by atoms with Gasteiger partial charge in [0.15, 0.2) is 0 Å². The van der Waals surface area contributed by atoms with Crippen molar-refractivity contribution in [3.63, 3.8) is 0 Å². The molecule has 0 aliphatic carbocycles. The highest BCUT2D eigenvalue weighted by molar-refractivity contribution is 5.92. The quantitative estimate of drug-likeness (QED) is 0.849. The molecule has 2 unspecified atom stereocenters. The van der Waals surface area contributed by atoms with E-state index >= 15 is 0 Å². The molecule has 0 aliphatic heterocycles. The Morgan fingerprint density at radius 2 is 2.00 bits per heavy atom. The molecule has 6 heteroatoms. The lowest BCUT2D eigenvalue weighted by atomic mass is 10.1. The third-order valence-electron chi connectivity index (χ3n) is 2.93. The predicted octanol–water partition coefficient (Wildman–Crippen LogP) is 0.986. The number of benzene rings is 1. The number of rotatable bonds is 5. The Bertz CT molecular complexity index is 589. The van der Waals surface area contributed by atoms with Crippen LogP contribution < -0.4 is 16.2 Å². The van der Waals surface area contributed by atoms with Crippen LogP contribution in [0.15, 0.2) is 36.7 Å². The van der Waals surface area contributed by atoms with Crippen molar-refractivity contribution in [1.29, 1.82) is 0 Å². The number of aromatic nitrogens is 2. The van der Waals surface area contributed by atoms with Gasteiger partial charge in [-0.25, -0.2) is 0 Å². The van der Waals surface area contributed by atoms with Gasteiger partial charge in [0.25, 0.3) is 0 Å². The monoisotopic (exact) mass is 274 g/mol. The van der Waals surface area contributed by atoms with E-state index in [4.69, 9.17) is 16.2 Å². The van der Waals surface area contributed by atoms with Crippen LogP contribution in [0, 0.1) is 0 Å². The number of hydrogen-bond acceptors (Lipinski definition) is 4. The van der Waals surface area contributed by atoms with E-state index in [1.165, 1.54) is 0 Å². The van der Waals surface area contributed by atoms with Crippen molar-refractivity contribution in [3.8, 4) is 5.75 Å². The summed E-state index contributed by atoms with van der Waals surface area (Å²) >= 11 is 0. The molecule has 0 radical (unpaired) electrons. The number of nitrogens with zero attached hydrogens (tertiary/aromatic N) is 2. The van der Waals surface area contributed by atoms with Crippen molar-refractivity contribution in [1.82, 2.24) is 9.78 Å². The molecule has 0 aliphatic rings. The minimum atomic E-state index is -0.465. The van der Waals surface area contributed by atoms with Gasteiger partial charge in [-0.3, -0.25) is 9.48 Å². The summed E-state index contributed by atoms with van der Waals surface area (Å²) in [6, 6.07) is 6.45. The van der Waals surface area contributed by atoms with Crippen molar-refractivity contribution >= 4 is 5.91 Å². The van der Waals surface area contributed by atoms with E-state index in [0.29, 0.717) is 11.3 Å². The number of aryl methyl sites for hydroxylation is 1. The van der Waals surface area contributed by atoms with Crippen LogP contribution in [0.25, 0.3) is 0 Å². The molecule has 6 nitrogen and oxygen atoms in total. The maximum atomic E-state index is 11.0. The molecule has 2 rings (SSSR count). The summed E-state index contributed by atoms with van der Waals surface area (Å²) in [5.74, 6) is 0.161. The molecule has 0 saturated heterocycles. The van der Waals surface area contributed by atoms with E-state index in [0.717, 1.165) is 5.56 Å². The molecule has 0 bridgehead atoms. The zero-order valence-electron chi connectivity index (χ0n) is 11.5. The van der Waals surface area contributed by atoms with Crippen LogP contribution in [0.5, 0.6) is 5.75 Å². The maximum Gasteiger partial charge on any atom is 0.248 e. The second-order valence-corrected chi connectivity index (χ2v) is 4.73. The maximum absolute atomic E-state index is 11.0. The van der Waals surface area contributed by atoms with Gasteiger partial charge in [-0.15, -0.1) is 0 Å². The van der Waals surface area contributed by atoms with E-state index < -0.39 is 5.91 Å². The largest absolute Gasteiger partial charge is 0.484 e. The van der Waals surface area contributed by atoms with Gasteiger partial charge >= 0.3 is 0 Å². The van der Waals surface area contributed by atoms with Crippen LogP contribution in [-0.2, 0) is 7.05 Å². The molecule has 1 aromatic carbocycles. The Balaban J connectivity index is 2.18. The van der Waals surface area contributed by atoms with Crippen LogP contribution in [0.2, 0.25) is 0 Å². The fraction of sp³-hybridized carbons (Fsp3) is 0.286. The Morgan fingerprint density at radius 3 is 2.45 bits per heavy atom. The summed E-state index contributed by atoms with van der Waals surface area (Å²) in [6.07, 6.45) is 3.29. The average Bonchev–Trinajstić information content (AvgIpc) is 2.82. The molecule has 2 atom stereocenters. The highest BCUT2D eigenvalue weighted by atomic mass is 16.5. The van der Waals surface area contributed by atoms with E-state index in [9.17, 15) is 4.79 Å². The van der Waals surface area contributed by atoms with Crippen LogP contribution in [0.4, 0.5) is 0 Å². The van der Waals surface area contributed by atoms with Crippen LogP contribution >= 0.6 is 0 Å². The van der Waals surface area contributed by atoms with Crippen molar-refractivity contribution in [2.24, 2.45) is 18.5 Å². The Kier molecular flexibility index (Phi) is 4.05. The number of hydrogen-bond donors (Lipinski definition) is 2. The molecule has 106 valence electrons. The van der Waals surface area contributed by atoms with E-state index in [-0.39, 0.29) is 12.1 Å². The Morgan fingerprint density at radius 1 is 1.35 bits per heavy atom. The van der Waals surface area contributed by atoms with Gasteiger partial charge in [-0.05, 0) is 31.2 Å². The topological polar surface area (TPSA) is 96.2 Å². The first-order valence-electron chi connectivity index (χ1n) is 6.28. The number of primary amides is 1.